The van der Waals surface area contributed by atoms with Gasteiger partial charge in [0.15, 0.2) is 5.82 Å². The molecule has 0 aliphatic carbocycles. The smallest absolute Gasteiger partial charge is 0.229 e. The van der Waals surface area contributed by atoms with Crippen molar-refractivity contribution < 1.29 is 0 Å². The van der Waals surface area contributed by atoms with Crippen molar-refractivity contribution in [1.29, 1.82) is 0 Å². The fraction of sp³-hybridized carbons (Fsp3) is 0.0667. The molecule has 0 aliphatic heterocycles. The first-order valence-corrected chi connectivity index (χ1v) is 6.86. The molecule has 0 aliphatic rings. The molecule has 1 aromatic heterocycles. The number of aromatic nitrogens is 3. The highest BCUT2D eigenvalue weighted by atomic mass is 35.5. The SMILES string of the molecule is Cc1c(Cl)cccc1-n1c(Cl)nnc1-c1ccccc1. The molecule has 3 nitrogen and oxygen atoms in total. The van der Waals surface area contributed by atoms with Crippen LogP contribution in [0.4, 0.5) is 0 Å². The monoisotopic (exact) mass is 303 g/mol. The van der Waals surface area contributed by atoms with Crippen LogP contribution in [-0.4, -0.2) is 14.8 Å². The van der Waals surface area contributed by atoms with Gasteiger partial charge in [0.05, 0.1) is 5.69 Å². The molecule has 3 aromatic rings. The Labute approximate surface area is 126 Å². The van der Waals surface area contributed by atoms with Gasteiger partial charge in [0.2, 0.25) is 5.28 Å². The molecule has 0 radical (unpaired) electrons. The maximum atomic E-state index is 6.20. The molecule has 0 amide bonds. The molecule has 0 atom stereocenters. The van der Waals surface area contributed by atoms with Crippen LogP contribution in [0.5, 0.6) is 0 Å². The molecule has 0 bridgehead atoms. The standard InChI is InChI=1S/C15H11Cl2N3/c1-10-12(16)8-5-9-13(10)20-14(18-19-15(20)17)11-6-3-2-4-7-11/h2-9H,1H3. The quantitative estimate of drug-likeness (QED) is 0.695. The number of benzene rings is 2. The maximum absolute atomic E-state index is 6.20. The highest BCUT2D eigenvalue weighted by Crippen LogP contribution is 2.29. The molecule has 0 N–H and O–H groups in total. The van der Waals surface area contributed by atoms with Crippen molar-refractivity contribution in [2.24, 2.45) is 0 Å². The summed E-state index contributed by atoms with van der Waals surface area (Å²) in [5.41, 5.74) is 2.77. The minimum Gasteiger partial charge on any atom is -0.265 e. The van der Waals surface area contributed by atoms with E-state index in [0.717, 1.165) is 16.8 Å². The highest BCUT2D eigenvalue weighted by molar-refractivity contribution is 6.31. The Kier molecular flexibility index (Phi) is 3.47. The lowest BCUT2D eigenvalue weighted by Gasteiger charge is -2.11. The van der Waals surface area contributed by atoms with E-state index in [1.54, 1.807) is 4.57 Å². The molecule has 0 saturated heterocycles. The van der Waals surface area contributed by atoms with E-state index in [4.69, 9.17) is 23.2 Å². The van der Waals surface area contributed by atoms with Crippen LogP contribution in [0.25, 0.3) is 17.1 Å². The third kappa shape index (κ3) is 2.19. The Hall–Kier alpha value is -1.84. The van der Waals surface area contributed by atoms with Gasteiger partial charge in [-0.15, -0.1) is 10.2 Å². The molecule has 20 heavy (non-hydrogen) atoms. The van der Waals surface area contributed by atoms with Gasteiger partial charge in [0, 0.05) is 10.6 Å². The van der Waals surface area contributed by atoms with Crippen molar-refractivity contribution in [1.82, 2.24) is 14.8 Å². The van der Waals surface area contributed by atoms with E-state index in [0.29, 0.717) is 16.1 Å². The number of halogens is 2. The van der Waals surface area contributed by atoms with Crippen molar-refractivity contribution >= 4 is 23.2 Å². The summed E-state index contributed by atoms with van der Waals surface area (Å²) >= 11 is 12.4. The number of hydrogen-bond acceptors (Lipinski definition) is 2. The van der Waals surface area contributed by atoms with E-state index in [9.17, 15) is 0 Å². The molecule has 0 fully saturated rings. The summed E-state index contributed by atoms with van der Waals surface area (Å²) in [5, 5.41) is 9.15. The predicted octanol–water partition coefficient (Wildman–Crippen LogP) is 4.55. The van der Waals surface area contributed by atoms with Gasteiger partial charge < -0.3 is 0 Å². The minimum absolute atomic E-state index is 0.314. The van der Waals surface area contributed by atoms with Crippen LogP contribution in [0.3, 0.4) is 0 Å². The lowest BCUT2D eigenvalue weighted by molar-refractivity contribution is 1.05. The van der Waals surface area contributed by atoms with Gasteiger partial charge in [-0.2, -0.15) is 0 Å². The summed E-state index contributed by atoms with van der Waals surface area (Å²) in [5.74, 6) is 0.695. The second kappa shape index (κ2) is 5.27. The number of hydrogen-bond donors (Lipinski definition) is 0. The van der Waals surface area contributed by atoms with Gasteiger partial charge in [0.1, 0.15) is 0 Å². The summed E-state index contributed by atoms with van der Waals surface area (Å²) < 4.78 is 1.80. The van der Waals surface area contributed by atoms with Crippen LogP contribution in [0.2, 0.25) is 10.3 Å². The zero-order chi connectivity index (χ0) is 14.1. The predicted molar refractivity (Wildman–Crippen MR) is 81.6 cm³/mol. The van der Waals surface area contributed by atoms with Crippen molar-refractivity contribution in [3.63, 3.8) is 0 Å². The topological polar surface area (TPSA) is 30.7 Å². The molecule has 2 aromatic carbocycles. The minimum atomic E-state index is 0.314. The summed E-state index contributed by atoms with van der Waals surface area (Å²) in [6.07, 6.45) is 0. The number of nitrogens with zero attached hydrogens (tertiary/aromatic N) is 3. The van der Waals surface area contributed by atoms with E-state index in [-0.39, 0.29) is 0 Å². The van der Waals surface area contributed by atoms with Gasteiger partial charge in [0.25, 0.3) is 0 Å². The first-order chi connectivity index (χ1) is 9.68. The van der Waals surface area contributed by atoms with E-state index in [1.807, 2.05) is 55.5 Å². The zero-order valence-electron chi connectivity index (χ0n) is 10.7. The second-order valence-corrected chi connectivity index (χ2v) is 5.12. The van der Waals surface area contributed by atoms with Gasteiger partial charge in [-0.05, 0) is 36.2 Å². The molecule has 0 spiro atoms. The largest absolute Gasteiger partial charge is 0.265 e. The Bertz CT molecular complexity index is 751. The Morgan fingerprint density at radius 2 is 1.65 bits per heavy atom. The third-order valence-corrected chi connectivity index (χ3v) is 3.79. The molecule has 5 heteroatoms. The molecule has 1 heterocycles. The summed E-state index contributed by atoms with van der Waals surface area (Å²) in [6, 6.07) is 15.5. The normalized spacial score (nSPS) is 10.8. The molecule has 0 saturated carbocycles. The van der Waals surface area contributed by atoms with E-state index < -0.39 is 0 Å². The molecule has 0 unspecified atom stereocenters. The summed E-state index contributed by atoms with van der Waals surface area (Å²) in [4.78, 5) is 0. The fourth-order valence-corrected chi connectivity index (χ4v) is 2.47. The van der Waals surface area contributed by atoms with Crippen LogP contribution < -0.4 is 0 Å². The number of rotatable bonds is 2. The van der Waals surface area contributed by atoms with Crippen LogP contribution in [0.15, 0.2) is 48.5 Å². The zero-order valence-corrected chi connectivity index (χ0v) is 12.2. The first kappa shape index (κ1) is 13.2. The van der Waals surface area contributed by atoms with Crippen LogP contribution in [0, 0.1) is 6.92 Å². The second-order valence-electron chi connectivity index (χ2n) is 4.38. The molecule has 3 rings (SSSR count). The fourth-order valence-electron chi connectivity index (χ4n) is 2.09. The summed E-state index contributed by atoms with van der Waals surface area (Å²) in [7, 11) is 0. The first-order valence-electron chi connectivity index (χ1n) is 6.10. The Balaban J connectivity index is 2.25. The lowest BCUT2D eigenvalue weighted by atomic mass is 10.1. The molecular weight excluding hydrogens is 293 g/mol. The third-order valence-electron chi connectivity index (χ3n) is 3.14. The van der Waals surface area contributed by atoms with Gasteiger partial charge in [-0.3, -0.25) is 4.57 Å². The van der Waals surface area contributed by atoms with Crippen LogP contribution >= 0.6 is 23.2 Å². The average molecular weight is 304 g/mol. The van der Waals surface area contributed by atoms with Crippen molar-refractivity contribution in [2.45, 2.75) is 6.92 Å². The van der Waals surface area contributed by atoms with Crippen LogP contribution in [0.1, 0.15) is 5.56 Å². The van der Waals surface area contributed by atoms with Gasteiger partial charge in [-0.1, -0.05) is 48.0 Å². The molecule has 100 valence electrons. The van der Waals surface area contributed by atoms with Crippen molar-refractivity contribution in [2.75, 3.05) is 0 Å². The Morgan fingerprint density at radius 1 is 0.900 bits per heavy atom. The lowest BCUT2D eigenvalue weighted by Crippen LogP contribution is -2.00. The Morgan fingerprint density at radius 3 is 2.40 bits per heavy atom. The van der Waals surface area contributed by atoms with E-state index >= 15 is 0 Å². The van der Waals surface area contributed by atoms with Gasteiger partial charge >= 0.3 is 0 Å². The van der Waals surface area contributed by atoms with Gasteiger partial charge in [-0.25, -0.2) is 0 Å². The maximum Gasteiger partial charge on any atom is 0.229 e. The van der Waals surface area contributed by atoms with E-state index in [2.05, 4.69) is 10.2 Å². The average Bonchev–Trinajstić information content (AvgIpc) is 2.85. The van der Waals surface area contributed by atoms with Crippen molar-refractivity contribution in [3.8, 4) is 17.1 Å². The highest BCUT2D eigenvalue weighted by Gasteiger charge is 2.16. The van der Waals surface area contributed by atoms with Crippen molar-refractivity contribution in [3.05, 3.63) is 64.4 Å². The summed E-state index contributed by atoms with van der Waals surface area (Å²) in [6.45, 7) is 1.95. The van der Waals surface area contributed by atoms with E-state index in [1.165, 1.54) is 0 Å². The molecular formula is C15H11Cl2N3. The van der Waals surface area contributed by atoms with Crippen LogP contribution in [-0.2, 0) is 0 Å².